The summed E-state index contributed by atoms with van der Waals surface area (Å²) in [7, 11) is 2.04. The molecule has 5 nitrogen and oxygen atoms in total. The average molecular weight is 322 g/mol. The Labute approximate surface area is 143 Å². The Morgan fingerprint density at radius 1 is 1.33 bits per heavy atom. The zero-order valence-corrected chi connectivity index (χ0v) is 13.9. The first-order valence-electron chi connectivity index (χ1n) is 7.92. The number of benzene rings is 1. The van der Waals surface area contributed by atoms with Gasteiger partial charge in [0, 0.05) is 31.7 Å². The number of ether oxygens (including phenoxy) is 1. The lowest BCUT2D eigenvalue weighted by molar-refractivity contribution is 0.136. The highest BCUT2D eigenvalue weighted by atomic mass is 16.5. The van der Waals surface area contributed by atoms with Crippen LogP contribution in [-0.4, -0.2) is 34.6 Å². The summed E-state index contributed by atoms with van der Waals surface area (Å²) in [5.41, 5.74) is 1.56. The molecule has 2 aromatic rings. The van der Waals surface area contributed by atoms with Gasteiger partial charge in [0.05, 0.1) is 17.3 Å². The summed E-state index contributed by atoms with van der Waals surface area (Å²) in [6, 6.07) is 9.32. The van der Waals surface area contributed by atoms with Crippen molar-refractivity contribution in [3.63, 3.8) is 0 Å². The highest BCUT2D eigenvalue weighted by Gasteiger charge is 2.14. The molecule has 1 atom stereocenters. The lowest BCUT2D eigenvalue weighted by Crippen LogP contribution is -2.33. The zero-order valence-electron chi connectivity index (χ0n) is 13.9. The van der Waals surface area contributed by atoms with E-state index in [9.17, 15) is 0 Å². The first-order valence-corrected chi connectivity index (χ1v) is 7.92. The highest BCUT2D eigenvalue weighted by Crippen LogP contribution is 2.16. The van der Waals surface area contributed by atoms with Crippen LogP contribution < -0.4 is 4.74 Å². The third kappa shape index (κ3) is 5.82. The smallest absolute Gasteiger partial charge is 0.119 e. The van der Waals surface area contributed by atoms with Crippen LogP contribution in [0.5, 0.6) is 5.75 Å². The SMILES string of the molecule is C=CCC[C@H](CN(C)Cc1cnccn1)Oc1ccc(C#N)cc1. The molecular weight excluding hydrogens is 300 g/mol. The number of hydrogen-bond donors (Lipinski definition) is 0. The second-order valence-corrected chi connectivity index (χ2v) is 5.64. The Hall–Kier alpha value is -2.71. The number of allylic oxidation sites excluding steroid dienone is 1. The van der Waals surface area contributed by atoms with Crippen LogP contribution in [0.4, 0.5) is 0 Å². The van der Waals surface area contributed by atoms with Gasteiger partial charge in [-0.1, -0.05) is 6.08 Å². The molecule has 1 heterocycles. The van der Waals surface area contributed by atoms with Crippen molar-refractivity contribution < 1.29 is 4.74 Å². The summed E-state index contributed by atoms with van der Waals surface area (Å²) >= 11 is 0. The number of nitrogens with zero attached hydrogens (tertiary/aromatic N) is 4. The molecule has 0 fully saturated rings. The van der Waals surface area contributed by atoms with E-state index in [1.807, 2.05) is 25.3 Å². The molecule has 0 amide bonds. The minimum absolute atomic E-state index is 0.0395. The van der Waals surface area contributed by atoms with Crippen LogP contribution in [0.25, 0.3) is 0 Å². The number of rotatable bonds is 9. The molecule has 0 aliphatic carbocycles. The second-order valence-electron chi connectivity index (χ2n) is 5.64. The predicted octanol–water partition coefficient (Wildman–Crippen LogP) is 3.19. The summed E-state index contributed by atoms with van der Waals surface area (Å²) < 4.78 is 6.09. The van der Waals surface area contributed by atoms with Gasteiger partial charge in [0.1, 0.15) is 11.9 Å². The number of likely N-dealkylation sites (N-methyl/N-ethyl adjacent to an activating group) is 1. The molecule has 5 heteroatoms. The van der Waals surface area contributed by atoms with Crippen molar-refractivity contribution in [1.29, 1.82) is 5.26 Å². The largest absolute Gasteiger partial charge is 0.489 e. The molecule has 0 radical (unpaired) electrons. The van der Waals surface area contributed by atoms with E-state index >= 15 is 0 Å². The van der Waals surface area contributed by atoms with E-state index in [1.54, 1.807) is 30.7 Å². The Morgan fingerprint density at radius 2 is 2.12 bits per heavy atom. The van der Waals surface area contributed by atoms with Gasteiger partial charge in [0.15, 0.2) is 0 Å². The van der Waals surface area contributed by atoms with Gasteiger partial charge >= 0.3 is 0 Å². The van der Waals surface area contributed by atoms with E-state index < -0.39 is 0 Å². The van der Waals surface area contributed by atoms with Gasteiger partial charge in [-0.2, -0.15) is 5.26 Å². The van der Waals surface area contributed by atoms with Gasteiger partial charge in [-0.3, -0.25) is 14.9 Å². The molecule has 0 unspecified atom stereocenters. The van der Waals surface area contributed by atoms with Gasteiger partial charge < -0.3 is 4.74 Å². The fourth-order valence-corrected chi connectivity index (χ4v) is 2.39. The molecule has 1 aromatic carbocycles. The van der Waals surface area contributed by atoms with Crippen molar-refractivity contribution >= 4 is 0 Å². The quantitative estimate of drug-likeness (QED) is 0.663. The predicted molar refractivity (Wildman–Crippen MR) is 93.4 cm³/mol. The topological polar surface area (TPSA) is 62.0 Å². The van der Waals surface area contributed by atoms with E-state index in [0.717, 1.165) is 37.4 Å². The number of aromatic nitrogens is 2. The van der Waals surface area contributed by atoms with E-state index in [4.69, 9.17) is 10.00 Å². The van der Waals surface area contributed by atoms with Crippen LogP contribution in [0.3, 0.4) is 0 Å². The van der Waals surface area contributed by atoms with E-state index in [0.29, 0.717) is 5.56 Å². The molecule has 1 aromatic heterocycles. The fourth-order valence-electron chi connectivity index (χ4n) is 2.39. The van der Waals surface area contributed by atoms with Crippen molar-refractivity contribution in [1.82, 2.24) is 14.9 Å². The van der Waals surface area contributed by atoms with Crippen LogP contribution in [0.1, 0.15) is 24.1 Å². The zero-order chi connectivity index (χ0) is 17.2. The molecule has 2 rings (SSSR count). The number of nitriles is 1. The molecule has 0 N–H and O–H groups in total. The highest BCUT2D eigenvalue weighted by molar-refractivity contribution is 5.34. The summed E-state index contributed by atoms with van der Waals surface area (Å²) in [6.45, 7) is 5.27. The third-order valence-corrected chi connectivity index (χ3v) is 3.54. The third-order valence-electron chi connectivity index (χ3n) is 3.54. The second kappa shape index (κ2) is 9.43. The van der Waals surface area contributed by atoms with Gasteiger partial charge in [0.25, 0.3) is 0 Å². The molecule has 0 saturated heterocycles. The molecule has 124 valence electrons. The summed E-state index contributed by atoms with van der Waals surface area (Å²) in [4.78, 5) is 10.6. The summed E-state index contributed by atoms with van der Waals surface area (Å²) in [5.74, 6) is 0.774. The number of hydrogen-bond acceptors (Lipinski definition) is 5. The Balaban J connectivity index is 1.96. The molecule has 0 aliphatic heterocycles. The Morgan fingerprint density at radius 3 is 2.75 bits per heavy atom. The maximum Gasteiger partial charge on any atom is 0.119 e. The molecule has 0 aliphatic rings. The standard InChI is InChI=1S/C19H22N4O/c1-3-4-5-19(24-18-8-6-16(12-20)7-9-18)15-23(2)14-17-13-21-10-11-22-17/h3,6-11,13,19H,1,4-5,14-15H2,2H3/t19-/m1/s1. The van der Waals surface area contributed by atoms with Crippen molar-refractivity contribution in [3.05, 3.63) is 66.8 Å². The lowest BCUT2D eigenvalue weighted by Gasteiger charge is -2.24. The van der Waals surface area contributed by atoms with Crippen molar-refractivity contribution in [3.8, 4) is 11.8 Å². The minimum Gasteiger partial charge on any atom is -0.489 e. The van der Waals surface area contributed by atoms with Crippen LogP contribution in [0, 0.1) is 11.3 Å². The van der Waals surface area contributed by atoms with E-state index in [1.165, 1.54) is 0 Å². The monoisotopic (exact) mass is 322 g/mol. The van der Waals surface area contributed by atoms with Crippen LogP contribution in [0.15, 0.2) is 55.5 Å². The van der Waals surface area contributed by atoms with E-state index in [2.05, 4.69) is 27.5 Å². The first-order chi connectivity index (χ1) is 11.7. The molecular formula is C19H22N4O. The lowest BCUT2D eigenvalue weighted by atomic mass is 10.1. The first kappa shape index (κ1) is 17.6. The van der Waals surface area contributed by atoms with Gasteiger partial charge in [0.2, 0.25) is 0 Å². The summed E-state index contributed by atoms with van der Waals surface area (Å²) in [5, 5.41) is 8.87. The van der Waals surface area contributed by atoms with E-state index in [-0.39, 0.29) is 6.10 Å². The van der Waals surface area contributed by atoms with Crippen LogP contribution in [0.2, 0.25) is 0 Å². The van der Waals surface area contributed by atoms with Crippen LogP contribution in [-0.2, 0) is 6.54 Å². The minimum atomic E-state index is 0.0395. The van der Waals surface area contributed by atoms with Gasteiger partial charge in [-0.25, -0.2) is 0 Å². The maximum atomic E-state index is 8.87. The molecule has 0 saturated carbocycles. The molecule has 0 spiro atoms. The van der Waals surface area contributed by atoms with Crippen molar-refractivity contribution in [2.75, 3.05) is 13.6 Å². The van der Waals surface area contributed by atoms with Crippen LogP contribution >= 0.6 is 0 Å². The van der Waals surface area contributed by atoms with Crippen molar-refractivity contribution in [2.24, 2.45) is 0 Å². The van der Waals surface area contributed by atoms with Gasteiger partial charge in [-0.15, -0.1) is 6.58 Å². The maximum absolute atomic E-state index is 8.87. The van der Waals surface area contributed by atoms with Crippen molar-refractivity contribution in [2.45, 2.75) is 25.5 Å². The molecule has 0 bridgehead atoms. The Bertz CT molecular complexity index is 664. The molecule has 24 heavy (non-hydrogen) atoms. The van der Waals surface area contributed by atoms with Gasteiger partial charge in [-0.05, 0) is 44.2 Å². The normalized spacial score (nSPS) is 11.7. The average Bonchev–Trinajstić information content (AvgIpc) is 2.61. The summed E-state index contributed by atoms with van der Waals surface area (Å²) in [6.07, 6.45) is 8.86. The Kier molecular flexibility index (Phi) is 6.93. The fraction of sp³-hybridized carbons (Fsp3) is 0.316.